The molecule has 45 heavy (non-hydrogen) atoms. The summed E-state index contributed by atoms with van der Waals surface area (Å²) in [5, 5.41) is 15.3. The molecule has 2 aliphatic heterocycles. The van der Waals surface area contributed by atoms with Gasteiger partial charge in [-0.3, -0.25) is 19.2 Å². The fourth-order valence-corrected chi connectivity index (χ4v) is 5.89. The van der Waals surface area contributed by atoms with Gasteiger partial charge in [0.2, 0.25) is 17.7 Å². The number of ketones is 1. The Morgan fingerprint density at radius 2 is 1.64 bits per heavy atom. The highest BCUT2D eigenvalue weighted by Gasteiger charge is 2.45. The van der Waals surface area contributed by atoms with Crippen LogP contribution in [0.4, 0.5) is 4.79 Å². The van der Waals surface area contributed by atoms with Gasteiger partial charge >= 0.3 is 12.1 Å². The summed E-state index contributed by atoms with van der Waals surface area (Å²) >= 11 is 0. The van der Waals surface area contributed by atoms with Crippen LogP contribution < -0.4 is 10.6 Å². The number of nitrogens with one attached hydrogen (secondary N) is 2. The summed E-state index contributed by atoms with van der Waals surface area (Å²) in [7, 11) is 1.56. The van der Waals surface area contributed by atoms with E-state index in [1.165, 1.54) is 10.5 Å². The van der Waals surface area contributed by atoms with Crippen molar-refractivity contribution in [3.05, 3.63) is 35.4 Å². The molecule has 2 aliphatic rings. The number of ether oxygens (including phenoxy) is 1. The van der Waals surface area contributed by atoms with Crippen molar-refractivity contribution in [1.82, 2.24) is 20.4 Å². The number of carboxylic acids is 1. The Morgan fingerprint density at radius 1 is 0.978 bits per heavy atom. The van der Waals surface area contributed by atoms with Gasteiger partial charge in [0, 0.05) is 51.7 Å². The molecule has 1 aromatic rings. The van der Waals surface area contributed by atoms with E-state index in [-0.39, 0.29) is 49.3 Å². The van der Waals surface area contributed by atoms with Crippen LogP contribution in [-0.4, -0.2) is 88.8 Å². The molecule has 3 rings (SSSR count). The second-order valence-electron chi connectivity index (χ2n) is 12.7. The van der Waals surface area contributed by atoms with Gasteiger partial charge in [0.15, 0.2) is 0 Å². The summed E-state index contributed by atoms with van der Waals surface area (Å²) in [6, 6.07) is 5.61. The second-order valence-corrected chi connectivity index (χ2v) is 12.7. The predicted molar refractivity (Wildman–Crippen MR) is 166 cm³/mol. The molecule has 248 valence electrons. The quantitative estimate of drug-likeness (QED) is 0.265. The first kappa shape index (κ1) is 35.5. The lowest BCUT2D eigenvalue weighted by Gasteiger charge is -2.31. The Morgan fingerprint density at radius 3 is 2.27 bits per heavy atom. The summed E-state index contributed by atoms with van der Waals surface area (Å²) in [6.07, 6.45) is 0.948. The van der Waals surface area contributed by atoms with Crippen LogP contribution in [-0.2, 0) is 41.7 Å². The van der Waals surface area contributed by atoms with Crippen LogP contribution in [0.1, 0.15) is 77.3 Å². The van der Waals surface area contributed by atoms with Gasteiger partial charge in [-0.25, -0.2) is 9.59 Å². The molecular weight excluding hydrogens is 580 g/mol. The van der Waals surface area contributed by atoms with E-state index < -0.39 is 48.0 Å². The molecule has 0 spiro atoms. The van der Waals surface area contributed by atoms with Gasteiger partial charge in [0.25, 0.3) is 0 Å². The predicted octanol–water partition coefficient (Wildman–Crippen LogP) is 2.91. The van der Waals surface area contributed by atoms with Crippen LogP contribution in [0.15, 0.2) is 24.3 Å². The van der Waals surface area contributed by atoms with E-state index in [1.54, 1.807) is 25.8 Å². The third-order valence-corrected chi connectivity index (χ3v) is 8.70. The van der Waals surface area contributed by atoms with Crippen molar-refractivity contribution < 1.29 is 38.6 Å². The summed E-state index contributed by atoms with van der Waals surface area (Å²) in [6.45, 7) is 7.93. The van der Waals surface area contributed by atoms with E-state index in [9.17, 15) is 33.9 Å². The molecule has 4 atom stereocenters. The van der Waals surface area contributed by atoms with Crippen molar-refractivity contribution >= 4 is 35.6 Å². The number of benzene rings is 1. The highest BCUT2D eigenvalue weighted by atomic mass is 16.6. The zero-order chi connectivity index (χ0) is 33.3. The van der Waals surface area contributed by atoms with Gasteiger partial charge in [0.05, 0.1) is 6.54 Å². The fourth-order valence-electron chi connectivity index (χ4n) is 5.89. The van der Waals surface area contributed by atoms with Gasteiger partial charge in [0.1, 0.15) is 24.0 Å². The third-order valence-electron chi connectivity index (χ3n) is 8.70. The van der Waals surface area contributed by atoms with E-state index in [1.807, 2.05) is 38.1 Å². The monoisotopic (exact) mass is 628 g/mol. The van der Waals surface area contributed by atoms with Crippen LogP contribution >= 0.6 is 0 Å². The van der Waals surface area contributed by atoms with Gasteiger partial charge < -0.3 is 30.3 Å². The first-order valence-electron chi connectivity index (χ1n) is 15.9. The maximum Gasteiger partial charge on any atom is 0.410 e. The molecule has 1 aromatic carbocycles. The standard InChI is InChI=1S/C33H48N4O8/c1-20(2)26(16-24(38)12-8-9-13-28(39)34-5)30(40)35-29(21(3)4)31(41)37-19-25(17-27(37)32(42)43)45-33(44)36-15-14-22-10-6-7-11-23(22)18-36/h6-7,10-11,20-21,25-27,29H,8-9,12-19H2,1-5H3,(H,34,39)(H,35,40)(H,42,43)/t25-,26+,27+,29+/m1/s1. The van der Waals surface area contributed by atoms with Gasteiger partial charge in [-0.1, -0.05) is 52.0 Å². The maximum atomic E-state index is 13.8. The number of carbonyl (C=O) groups excluding carboxylic acids is 5. The first-order valence-corrected chi connectivity index (χ1v) is 15.9. The number of hydrogen-bond donors (Lipinski definition) is 3. The summed E-state index contributed by atoms with van der Waals surface area (Å²) in [4.78, 5) is 79.3. The molecular formula is C33H48N4O8. The van der Waals surface area contributed by atoms with Crippen molar-refractivity contribution in [3.8, 4) is 0 Å². The van der Waals surface area contributed by atoms with Crippen LogP contribution in [0.2, 0.25) is 0 Å². The molecule has 0 bridgehead atoms. The molecule has 3 N–H and O–H groups in total. The number of rotatable bonds is 14. The second kappa shape index (κ2) is 16.4. The molecule has 12 nitrogen and oxygen atoms in total. The smallest absolute Gasteiger partial charge is 0.410 e. The minimum atomic E-state index is -1.22. The van der Waals surface area contributed by atoms with Crippen molar-refractivity contribution in [2.45, 2.75) is 97.4 Å². The Bertz CT molecular complexity index is 1250. The molecule has 0 aromatic heterocycles. The lowest BCUT2D eigenvalue weighted by Crippen LogP contribution is -2.55. The van der Waals surface area contributed by atoms with Crippen molar-refractivity contribution in [2.24, 2.45) is 17.8 Å². The number of aliphatic carboxylic acids is 1. The number of unbranched alkanes of at least 4 members (excludes halogenated alkanes) is 1. The molecule has 12 heteroatoms. The van der Waals surface area contributed by atoms with Crippen molar-refractivity contribution in [3.63, 3.8) is 0 Å². The lowest BCUT2D eigenvalue weighted by atomic mass is 9.88. The minimum absolute atomic E-state index is 0.00292. The molecule has 2 heterocycles. The number of Topliss-reactive ketones (excluding diaryl/α,β-unsaturated/α-hetero) is 1. The number of carbonyl (C=O) groups is 6. The average Bonchev–Trinajstić information content (AvgIpc) is 3.43. The Balaban J connectivity index is 1.62. The Hall–Kier alpha value is -3.96. The van der Waals surface area contributed by atoms with Crippen LogP contribution in [0.25, 0.3) is 0 Å². The van der Waals surface area contributed by atoms with Crippen molar-refractivity contribution in [1.29, 1.82) is 0 Å². The average molecular weight is 629 g/mol. The van der Waals surface area contributed by atoms with Crippen LogP contribution in [0.5, 0.6) is 0 Å². The number of fused-ring (bicyclic) bond motifs is 1. The molecule has 0 unspecified atom stereocenters. The first-order chi connectivity index (χ1) is 21.3. The summed E-state index contributed by atoms with van der Waals surface area (Å²) in [5.41, 5.74) is 2.21. The molecule has 0 saturated carbocycles. The van der Waals surface area contributed by atoms with Gasteiger partial charge in [-0.05, 0) is 42.2 Å². The number of likely N-dealkylation sites (tertiary alicyclic amines) is 1. The molecule has 4 amide bonds. The van der Waals surface area contributed by atoms with Crippen LogP contribution in [0.3, 0.4) is 0 Å². The highest BCUT2D eigenvalue weighted by molar-refractivity contribution is 5.93. The summed E-state index contributed by atoms with van der Waals surface area (Å²) < 4.78 is 5.70. The molecule has 0 aliphatic carbocycles. The number of nitrogens with zero attached hydrogens (tertiary/aromatic N) is 2. The highest BCUT2D eigenvalue weighted by Crippen LogP contribution is 2.26. The lowest BCUT2D eigenvalue weighted by molar-refractivity contribution is -0.150. The SMILES string of the molecule is CNC(=O)CCCCC(=O)C[C@H](C(=O)N[C@H](C(=O)N1C[C@H](OC(=O)N2CCc3ccccc3C2)C[C@H]1C(=O)O)C(C)C)C(C)C. The number of amides is 4. The zero-order valence-corrected chi connectivity index (χ0v) is 27.0. The van der Waals surface area contributed by atoms with Crippen LogP contribution in [0, 0.1) is 17.8 Å². The number of carboxylic acid groups (broad SMARTS) is 1. The maximum absolute atomic E-state index is 13.8. The van der Waals surface area contributed by atoms with E-state index >= 15 is 0 Å². The largest absolute Gasteiger partial charge is 0.480 e. The third kappa shape index (κ3) is 9.76. The van der Waals surface area contributed by atoms with E-state index in [0.717, 1.165) is 5.56 Å². The number of hydrogen-bond acceptors (Lipinski definition) is 7. The van der Waals surface area contributed by atoms with Gasteiger partial charge in [-0.15, -0.1) is 0 Å². The topological polar surface area (TPSA) is 162 Å². The van der Waals surface area contributed by atoms with Gasteiger partial charge in [-0.2, -0.15) is 0 Å². The summed E-state index contributed by atoms with van der Waals surface area (Å²) in [5.74, 6) is -3.67. The van der Waals surface area contributed by atoms with E-state index in [4.69, 9.17) is 4.74 Å². The molecule has 1 fully saturated rings. The molecule has 1 saturated heterocycles. The van der Waals surface area contributed by atoms with Crippen molar-refractivity contribution in [2.75, 3.05) is 20.1 Å². The Labute approximate surface area is 265 Å². The van der Waals surface area contributed by atoms with E-state index in [2.05, 4.69) is 10.6 Å². The fraction of sp³-hybridized carbons (Fsp3) is 0.636. The van der Waals surface area contributed by atoms with E-state index in [0.29, 0.717) is 38.8 Å². The Kier molecular flexibility index (Phi) is 12.9. The normalized spacial score (nSPS) is 19.1. The minimum Gasteiger partial charge on any atom is -0.480 e. The zero-order valence-electron chi connectivity index (χ0n) is 27.0. The molecule has 0 radical (unpaired) electrons.